The highest BCUT2D eigenvalue weighted by molar-refractivity contribution is 9.10. The number of rotatable bonds is 3. The fourth-order valence-electron chi connectivity index (χ4n) is 1.60. The molecule has 112 valence electrons. The Morgan fingerprint density at radius 1 is 1.38 bits per heavy atom. The Balaban J connectivity index is 2.56. The van der Waals surface area contributed by atoms with Gasteiger partial charge in [-0.2, -0.15) is 13.2 Å². The monoisotopic (exact) mass is 363 g/mol. The molecule has 1 heterocycles. The van der Waals surface area contributed by atoms with Crippen LogP contribution in [0.5, 0.6) is 0 Å². The molecule has 0 saturated carbocycles. The van der Waals surface area contributed by atoms with Crippen LogP contribution in [-0.4, -0.2) is 17.6 Å². The third-order valence-corrected chi connectivity index (χ3v) is 3.15. The first-order valence-electron chi connectivity index (χ1n) is 5.84. The number of aromatic nitrogens is 1. The zero-order valence-electron chi connectivity index (χ0n) is 10.7. The fraction of sp³-hybridized carbons (Fsp3) is 0.231. The molecule has 0 aliphatic carbocycles. The van der Waals surface area contributed by atoms with Crippen molar-refractivity contribution in [3.05, 3.63) is 40.2 Å². The molecule has 0 N–H and O–H groups in total. The van der Waals surface area contributed by atoms with Crippen LogP contribution in [0.1, 0.15) is 23.2 Å². The molecule has 8 heteroatoms. The first kappa shape index (κ1) is 15.6. The van der Waals surface area contributed by atoms with Gasteiger partial charge in [-0.25, -0.2) is 9.78 Å². The minimum Gasteiger partial charge on any atom is -0.461 e. The van der Waals surface area contributed by atoms with E-state index in [9.17, 15) is 18.0 Å². The number of hydrogen-bond acceptors (Lipinski definition) is 4. The Morgan fingerprint density at radius 2 is 2.05 bits per heavy atom. The van der Waals surface area contributed by atoms with Crippen LogP contribution in [0.25, 0.3) is 11.5 Å². The summed E-state index contributed by atoms with van der Waals surface area (Å²) in [6.45, 7) is 1.42. The summed E-state index contributed by atoms with van der Waals surface area (Å²) in [7, 11) is 0. The molecule has 0 unspecified atom stereocenters. The second-order valence-electron chi connectivity index (χ2n) is 3.89. The van der Waals surface area contributed by atoms with Gasteiger partial charge in [-0.1, -0.05) is 12.1 Å². The number of halogens is 4. The van der Waals surface area contributed by atoms with E-state index >= 15 is 0 Å². The second kappa shape index (κ2) is 5.88. The summed E-state index contributed by atoms with van der Waals surface area (Å²) in [6.07, 6.45) is -4.84. The number of esters is 1. The van der Waals surface area contributed by atoms with Crippen LogP contribution in [0.4, 0.5) is 13.2 Å². The van der Waals surface area contributed by atoms with E-state index in [2.05, 4.69) is 25.7 Å². The molecule has 0 spiro atoms. The lowest BCUT2D eigenvalue weighted by Gasteiger charge is -2.03. The first-order valence-corrected chi connectivity index (χ1v) is 6.64. The molecule has 0 saturated heterocycles. The second-order valence-corrected chi connectivity index (χ2v) is 4.75. The van der Waals surface area contributed by atoms with Gasteiger partial charge in [0.05, 0.1) is 12.2 Å². The summed E-state index contributed by atoms with van der Waals surface area (Å²) in [5, 5.41) is 0. The van der Waals surface area contributed by atoms with Crippen LogP contribution >= 0.6 is 15.9 Å². The van der Waals surface area contributed by atoms with Crippen molar-refractivity contribution in [2.24, 2.45) is 0 Å². The highest BCUT2D eigenvalue weighted by atomic mass is 79.9. The lowest BCUT2D eigenvalue weighted by atomic mass is 10.2. The number of nitrogens with zero attached hydrogens (tertiary/aromatic N) is 1. The van der Waals surface area contributed by atoms with Gasteiger partial charge < -0.3 is 9.15 Å². The Bertz CT molecular complexity index is 667. The number of ether oxygens (including phenoxy) is 1. The standard InChI is InChI=1S/C13H9BrF3NO3/c1-2-20-12(19)9-10(13(15,16)17)21-11(18-9)7-5-3-4-6-8(7)14/h3-6H,2H2,1H3. The lowest BCUT2D eigenvalue weighted by molar-refractivity contribution is -0.153. The molecule has 0 atom stereocenters. The maximum absolute atomic E-state index is 12.9. The maximum atomic E-state index is 12.9. The van der Waals surface area contributed by atoms with Gasteiger partial charge in [0.25, 0.3) is 0 Å². The van der Waals surface area contributed by atoms with Crippen molar-refractivity contribution in [2.75, 3.05) is 6.61 Å². The molecule has 1 aromatic carbocycles. The number of benzene rings is 1. The Labute approximate surface area is 126 Å². The minimum absolute atomic E-state index is 0.0621. The molecule has 0 bridgehead atoms. The van der Waals surface area contributed by atoms with Gasteiger partial charge in [0.15, 0.2) is 5.69 Å². The van der Waals surface area contributed by atoms with Crippen molar-refractivity contribution in [1.29, 1.82) is 0 Å². The van der Waals surface area contributed by atoms with E-state index in [1.54, 1.807) is 18.2 Å². The van der Waals surface area contributed by atoms with Gasteiger partial charge in [-0.05, 0) is 35.0 Å². The van der Waals surface area contributed by atoms with Crippen molar-refractivity contribution in [3.63, 3.8) is 0 Å². The van der Waals surface area contributed by atoms with Gasteiger partial charge >= 0.3 is 12.1 Å². The molecular formula is C13H9BrF3NO3. The van der Waals surface area contributed by atoms with Crippen LogP contribution in [0.15, 0.2) is 33.2 Å². The molecule has 2 rings (SSSR count). The lowest BCUT2D eigenvalue weighted by Crippen LogP contribution is -2.13. The highest BCUT2D eigenvalue weighted by Gasteiger charge is 2.42. The normalized spacial score (nSPS) is 11.5. The van der Waals surface area contributed by atoms with Gasteiger partial charge in [0, 0.05) is 4.47 Å². The SMILES string of the molecule is CCOC(=O)c1nc(-c2ccccc2Br)oc1C(F)(F)F. The largest absolute Gasteiger partial charge is 0.461 e. The number of hydrogen-bond donors (Lipinski definition) is 0. The summed E-state index contributed by atoms with van der Waals surface area (Å²) < 4.78 is 48.6. The predicted molar refractivity (Wildman–Crippen MR) is 70.6 cm³/mol. The van der Waals surface area contributed by atoms with Gasteiger partial charge in [0.2, 0.25) is 11.7 Å². The van der Waals surface area contributed by atoms with Crippen molar-refractivity contribution < 1.29 is 27.1 Å². The maximum Gasteiger partial charge on any atom is 0.452 e. The minimum atomic E-state index is -4.84. The molecule has 0 fully saturated rings. The average molecular weight is 364 g/mol. The van der Waals surface area contributed by atoms with E-state index in [1.165, 1.54) is 13.0 Å². The summed E-state index contributed by atoms with van der Waals surface area (Å²) >= 11 is 3.19. The molecule has 0 radical (unpaired) electrons. The smallest absolute Gasteiger partial charge is 0.452 e. The van der Waals surface area contributed by atoms with E-state index < -0.39 is 23.6 Å². The Hall–Kier alpha value is -1.83. The summed E-state index contributed by atoms with van der Waals surface area (Å²) in [6, 6.07) is 6.44. The number of carbonyl (C=O) groups is 1. The average Bonchev–Trinajstić information content (AvgIpc) is 2.84. The van der Waals surface area contributed by atoms with E-state index in [0.29, 0.717) is 10.0 Å². The van der Waals surface area contributed by atoms with Gasteiger partial charge in [-0.3, -0.25) is 0 Å². The third-order valence-electron chi connectivity index (χ3n) is 2.46. The molecule has 0 aliphatic rings. The Morgan fingerprint density at radius 3 is 2.62 bits per heavy atom. The molecule has 0 amide bonds. The number of alkyl halides is 3. The van der Waals surface area contributed by atoms with E-state index in [4.69, 9.17) is 4.42 Å². The van der Waals surface area contributed by atoms with Gasteiger partial charge in [0.1, 0.15) is 0 Å². The van der Waals surface area contributed by atoms with Crippen molar-refractivity contribution in [1.82, 2.24) is 4.98 Å². The summed E-state index contributed by atoms with van der Waals surface area (Å²) in [5.74, 6) is -2.95. The van der Waals surface area contributed by atoms with Gasteiger partial charge in [-0.15, -0.1) is 0 Å². The summed E-state index contributed by atoms with van der Waals surface area (Å²) in [4.78, 5) is 15.2. The zero-order chi connectivity index (χ0) is 15.6. The fourth-order valence-corrected chi connectivity index (χ4v) is 2.05. The van der Waals surface area contributed by atoms with E-state index in [-0.39, 0.29) is 12.5 Å². The van der Waals surface area contributed by atoms with Crippen molar-refractivity contribution >= 4 is 21.9 Å². The Kier molecular flexibility index (Phi) is 4.36. The predicted octanol–water partition coefficient (Wildman–Crippen LogP) is 4.30. The molecule has 0 aliphatic heterocycles. The molecule has 21 heavy (non-hydrogen) atoms. The molecule has 4 nitrogen and oxygen atoms in total. The van der Waals surface area contributed by atoms with Crippen LogP contribution in [0, 0.1) is 0 Å². The van der Waals surface area contributed by atoms with Crippen LogP contribution in [-0.2, 0) is 10.9 Å². The molecular weight excluding hydrogens is 355 g/mol. The summed E-state index contributed by atoms with van der Waals surface area (Å²) in [5.41, 5.74) is -0.575. The van der Waals surface area contributed by atoms with Crippen molar-refractivity contribution in [3.8, 4) is 11.5 Å². The molecule has 2 aromatic rings. The number of oxazole rings is 1. The van der Waals surface area contributed by atoms with Crippen molar-refractivity contribution in [2.45, 2.75) is 13.1 Å². The van der Waals surface area contributed by atoms with Crippen LogP contribution < -0.4 is 0 Å². The molecule has 1 aromatic heterocycles. The number of carbonyl (C=O) groups excluding carboxylic acids is 1. The van der Waals surface area contributed by atoms with E-state index in [0.717, 1.165) is 0 Å². The third kappa shape index (κ3) is 3.26. The van der Waals surface area contributed by atoms with Crippen LogP contribution in [0.2, 0.25) is 0 Å². The van der Waals surface area contributed by atoms with Crippen LogP contribution in [0.3, 0.4) is 0 Å². The quantitative estimate of drug-likeness (QED) is 0.763. The van der Waals surface area contributed by atoms with E-state index in [1.807, 2.05) is 0 Å². The topological polar surface area (TPSA) is 52.3 Å². The highest BCUT2D eigenvalue weighted by Crippen LogP contribution is 2.37. The first-order chi connectivity index (χ1) is 9.84. The zero-order valence-corrected chi connectivity index (χ0v) is 12.3.